The Labute approximate surface area is 176 Å². The van der Waals surface area contributed by atoms with Gasteiger partial charge in [-0.1, -0.05) is 13.8 Å². The number of benzene rings is 1. The predicted octanol–water partition coefficient (Wildman–Crippen LogP) is 3.08. The number of hydrogen-bond donors (Lipinski definition) is 2. The third-order valence-corrected chi connectivity index (χ3v) is 6.18. The molecule has 4 N–H and O–H groups in total. The molecule has 1 aromatic carbocycles. The van der Waals surface area contributed by atoms with Gasteiger partial charge in [0.2, 0.25) is 0 Å². The summed E-state index contributed by atoms with van der Waals surface area (Å²) < 4.78 is 15.0. The minimum atomic E-state index is -0.363. The largest absolute Gasteiger partial charge is 0.382 e. The molecule has 2 heterocycles. The summed E-state index contributed by atoms with van der Waals surface area (Å²) in [6, 6.07) is 3.90. The van der Waals surface area contributed by atoms with E-state index in [0.717, 1.165) is 48.9 Å². The fourth-order valence-electron chi connectivity index (χ4n) is 3.90. The number of aromatic nitrogens is 1. The van der Waals surface area contributed by atoms with Crippen LogP contribution in [-0.2, 0) is 13.0 Å². The SMILES string of the molecule is Cc1cnc(CN2CCN(c3cc(CC(C)C)cc(F)c3/C(N)=N/N)C[C@@H]2C)s1. The molecule has 3 rings (SSSR count). The maximum absolute atomic E-state index is 15.0. The number of hydrazone groups is 1. The second-order valence-corrected chi connectivity index (χ2v) is 9.53. The molecule has 0 amide bonds. The van der Waals surface area contributed by atoms with Crippen LogP contribution >= 0.6 is 11.3 Å². The second-order valence-electron chi connectivity index (χ2n) is 8.21. The lowest BCUT2D eigenvalue weighted by atomic mass is 9.98. The molecule has 2 aromatic rings. The summed E-state index contributed by atoms with van der Waals surface area (Å²) in [5, 5.41) is 4.70. The van der Waals surface area contributed by atoms with E-state index < -0.39 is 0 Å². The number of nitrogens with two attached hydrogens (primary N) is 2. The summed E-state index contributed by atoms with van der Waals surface area (Å²) in [5.41, 5.74) is 8.01. The van der Waals surface area contributed by atoms with Crippen molar-refractivity contribution < 1.29 is 4.39 Å². The van der Waals surface area contributed by atoms with E-state index in [1.165, 1.54) is 4.88 Å². The monoisotopic (exact) mass is 418 g/mol. The Balaban J connectivity index is 1.84. The first-order valence-corrected chi connectivity index (χ1v) is 10.9. The number of amidine groups is 1. The molecule has 0 saturated carbocycles. The van der Waals surface area contributed by atoms with Gasteiger partial charge in [0.15, 0.2) is 5.84 Å². The predicted molar refractivity (Wildman–Crippen MR) is 119 cm³/mol. The van der Waals surface area contributed by atoms with Crippen molar-refractivity contribution in [3.8, 4) is 0 Å². The van der Waals surface area contributed by atoms with E-state index in [0.29, 0.717) is 17.5 Å². The van der Waals surface area contributed by atoms with Gasteiger partial charge in [-0.25, -0.2) is 9.37 Å². The van der Waals surface area contributed by atoms with Crippen LogP contribution in [0.25, 0.3) is 0 Å². The fraction of sp³-hybridized carbons (Fsp3) is 0.524. The average molecular weight is 419 g/mol. The molecule has 0 radical (unpaired) electrons. The number of anilines is 1. The molecule has 158 valence electrons. The highest BCUT2D eigenvalue weighted by Crippen LogP contribution is 2.29. The third kappa shape index (κ3) is 5.05. The number of halogens is 1. The van der Waals surface area contributed by atoms with E-state index >= 15 is 0 Å². The highest BCUT2D eigenvalue weighted by Gasteiger charge is 2.28. The topological polar surface area (TPSA) is 83.8 Å². The van der Waals surface area contributed by atoms with Gasteiger partial charge in [0.1, 0.15) is 10.8 Å². The number of rotatable bonds is 6. The molecule has 29 heavy (non-hydrogen) atoms. The van der Waals surface area contributed by atoms with Crippen molar-refractivity contribution in [1.29, 1.82) is 0 Å². The third-order valence-electron chi connectivity index (χ3n) is 5.28. The number of aryl methyl sites for hydroxylation is 1. The Morgan fingerprint density at radius 3 is 2.72 bits per heavy atom. The highest BCUT2D eigenvalue weighted by atomic mass is 32.1. The van der Waals surface area contributed by atoms with Crippen LogP contribution in [0, 0.1) is 18.7 Å². The Morgan fingerprint density at radius 2 is 2.14 bits per heavy atom. The number of piperazine rings is 1. The number of hydrogen-bond acceptors (Lipinski definition) is 6. The first-order chi connectivity index (χ1) is 13.8. The van der Waals surface area contributed by atoms with Crippen molar-refractivity contribution in [2.45, 2.75) is 46.7 Å². The molecule has 0 bridgehead atoms. The minimum Gasteiger partial charge on any atom is -0.382 e. The summed E-state index contributed by atoms with van der Waals surface area (Å²) in [6.07, 6.45) is 2.73. The van der Waals surface area contributed by atoms with E-state index in [-0.39, 0.29) is 11.7 Å². The Kier molecular flexibility index (Phi) is 6.74. The maximum Gasteiger partial charge on any atom is 0.155 e. The zero-order valence-corrected chi connectivity index (χ0v) is 18.5. The van der Waals surface area contributed by atoms with Crippen molar-refractivity contribution in [2.75, 3.05) is 24.5 Å². The molecule has 1 atom stereocenters. The molecule has 0 spiro atoms. The van der Waals surface area contributed by atoms with Gasteiger partial charge in [0, 0.05) is 36.8 Å². The Hall–Kier alpha value is -2.19. The smallest absolute Gasteiger partial charge is 0.155 e. The van der Waals surface area contributed by atoms with Crippen molar-refractivity contribution in [3.63, 3.8) is 0 Å². The van der Waals surface area contributed by atoms with E-state index in [2.05, 4.69) is 47.6 Å². The van der Waals surface area contributed by atoms with E-state index in [9.17, 15) is 4.39 Å². The lowest BCUT2D eigenvalue weighted by molar-refractivity contribution is 0.181. The van der Waals surface area contributed by atoms with E-state index in [1.807, 2.05) is 12.3 Å². The molecular weight excluding hydrogens is 387 g/mol. The molecule has 1 aliphatic heterocycles. The molecule has 6 nitrogen and oxygen atoms in total. The standard InChI is InChI=1S/C21H31FN6S/c1-13(2)7-16-8-17(22)20(21(23)26-24)18(9-16)28-6-5-27(14(3)11-28)12-19-25-10-15(4)29-19/h8-10,13-14H,5-7,11-12,24H2,1-4H3,(H2,23,26)/t14-/m0/s1. The zero-order valence-electron chi connectivity index (χ0n) is 17.7. The fourth-order valence-corrected chi connectivity index (χ4v) is 4.71. The Bertz CT molecular complexity index is 878. The second kappa shape index (κ2) is 9.09. The number of thiazole rings is 1. The van der Waals surface area contributed by atoms with Crippen LogP contribution in [0.4, 0.5) is 10.1 Å². The zero-order chi connectivity index (χ0) is 21.1. The van der Waals surface area contributed by atoms with Crippen molar-refractivity contribution in [1.82, 2.24) is 9.88 Å². The van der Waals surface area contributed by atoms with E-state index in [4.69, 9.17) is 11.6 Å². The van der Waals surface area contributed by atoms with Crippen LogP contribution < -0.4 is 16.5 Å². The van der Waals surface area contributed by atoms with Gasteiger partial charge >= 0.3 is 0 Å². The molecule has 1 aromatic heterocycles. The summed E-state index contributed by atoms with van der Waals surface area (Å²) in [4.78, 5) is 10.3. The minimum absolute atomic E-state index is 0.0296. The maximum atomic E-state index is 15.0. The number of nitrogens with zero attached hydrogens (tertiary/aromatic N) is 4. The first-order valence-electron chi connectivity index (χ1n) is 10.0. The molecule has 0 aliphatic carbocycles. The lowest BCUT2D eigenvalue weighted by Gasteiger charge is -2.41. The highest BCUT2D eigenvalue weighted by molar-refractivity contribution is 7.11. The van der Waals surface area contributed by atoms with Crippen molar-refractivity contribution in [3.05, 3.63) is 45.2 Å². The molecule has 0 unspecified atom stereocenters. The summed E-state index contributed by atoms with van der Waals surface area (Å²) in [7, 11) is 0. The van der Waals surface area contributed by atoms with Gasteiger partial charge in [-0.3, -0.25) is 4.90 Å². The van der Waals surface area contributed by atoms with E-state index in [1.54, 1.807) is 17.4 Å². The van der Waals surface area contributed by atoms with Gasteiger partial charge in [-0.2, -0.15) is 5.10 Å². The molecule has 8 heteroatoms. The van der Waals surface area contributed by atoms with Crippen LogP contribution in [-0.4, -0.2) is 41.4 Å². The summed E-state index contributed by atoms with van der Waals surface area (Å²) >= 11 is 1.74. The molecule has 1 saturated heterocycles. The quantitative estimate of drug-likeness (QED) is 0.326. The van der Waals surface area contributed by atoms with Crippen molar-refractivity contribution in [2.24, 2.45) is 22.6 Å². The molecular formula is C21H31FN6S. The van der Waals surface area contributed by atoms with Crippen LogP contribution in [0.15, 0.2) is 23.4 Å². The van der Waals surface area contributed by atoms with Crippen LogP contribution in [0.2, 0.25) is 0 Å². The van der Waals surface area contributed by atoms with Crippen LogP contribution in [0.5, 0.6) is 0 Å². The normalized spacial score (nSPS) is 18.6. The first kappa shape index (κ1) is 21.5. The Morgan fingerprint density at radius 1 is 1.38 bits per heavy atom. The van der Waals surface area contributed by atoms with Crippen molar-refractivity contribution >= 4 is 22.9 Å². The van der Waals surface area contributed by atoms with Gasteiger partial charge in [-0.15, -0.1) is 11.3 Å². The van der Waals surface area contributed by atoms with Crippen LogP contribution in [0.1, 0.15) is 41.8 Å². The van der Waals surface area contributed by atoms with Gasteiger partial charge < -0.3 is 16.5 Å². The van der Waals surface area contributed by atoms with Gasteiger partial charge in [0.25, 0.3) is 0 Å². The van der Waals surface area contributed by atoms with Gasteiger partial charge in [-0.05, 0) is 43.9 Å². The average Bonchev–Trinajstić information content (AvgIpc) is 3.06. The lowest BCUT2D eigenvalue weighted by Crippen LogP contribution is -2.52. The molecule has 1 fully saturated rings. The molecule has 1 aliphatic rings. The van der Waals surface area contributed by atoms with Gasteiger partial charge in [0.05, 0.1) is 17.8 Å². The summed E-state index contributed by atoms with van der Waals surface area (Å²) in [5.74, 6) is 5.49. The summed E-state index contributed by atoms with van der Waals surface area (Å²) in [6.45, 7) is 11.8. The van der Waals surface area contributed by atoms with Crippen LogP contribution in [0.3, 0.4) is 0 Å².